The van der Waals surface area contributed by atoms with Gasteiger partial charge in [-0.2, -0.15) is 0 Å². The van der Waals surface area contributed by atoms with E-state index in [9.17, 15) is 14.7 Å². The van der Waals surface area contributed by atoms with Crippen molar-refractivity contribution in [1.29, 1.82) is 0 Å². The van der Waals surface area contributed by atoms with Gasteiger partial charge >= 0.3 is 0 Å². The summed E-state index contributed by atoms with van der Waals surface area (Å²) in [5, 5.41) is 13.5. The predicted molar refractivity (Wildman–Crippen MR) is 123 cm³/mol. The molecule has 2 amide bonds. The number of aliphatic hydroxyl groups excluding tert-OH is 1. The van der Waals surface area contributed by atoms with Gasteiger partial charge in [-0.05, 0) is 55.7 Å². The summed E-state index contributed by atoms with van der Waals surface area (Å²) in [5.41, 5.74) is 2.28. The van der Waals surface area contributed by atoms with Gasteiger partial charge in [0.25, 0.3) is 11.8 Å². The fraction of sp³-hybridized carbons (Fsp3) is 0.280. The molecule has 1 fully saturated rings. The number of aromatic nitrogens is 1. The first-order valence-corrected chi connectivity index (χ1v) is 10.8. The first-order chi connectivity index (χ1) is 15.6. The number of fused-ring (bicyclic) bond motifs is 1. The Morgan fingerprint density at radius 2 is 2.03 bits per heavy atom. The lowest BCUT2D eigenvalue weighted by Gasteiger charge is -2.35. The molecule has 2 heterocycles. The highest BCUT2D eigenvalue weighted by atomic mass is 16.5. The van der Waals surface area contributed by atoms with Crippen LogP contribution in [0.2, 0.25) is 0 Å². The van der Waals surface area contributed by atoms with Crippen LogP contribution in [0.1, 0.15) is 35.2 Å². The molecule has 1 unspecified atom stereocenters. The van der Waals surface area contributed by atoms with Gasteiger partial charge < -0.3 is 25.0 Å². The Labute approximate surface area is 186 Å². The number of aliphatic hydroxyl groups is 1. The first kappa shape index (κ1) is 21.6. The zero-order valence-electron chi connectivity index (χ0n) is 18.0. The van der Waals surface area contributed by atoms with E-state index in [4.69, 9.17) is 4.74 Å². The number of piperidine rings is 1. The van der Waals surface area contributed by atoms with Gasteiger partial charge in [-0.3, -0.25) is 9.59 Å². The molecule has 3 N–H and O–H groups in total. The molecule has 1 aliphatic rings. The molecule has 1 atom stereocenters. The van der Waals surface area contributed by atoms with Crippen molar-refractivity contribution in [3.05, 3.63) is 71.6 Å². The molecule has 166 valence electrons. The molecular formula is C25H27N3O4. The van der Waals surface area contributed by atoms with Crippen LogP contribution in [0.25, 0.3) is 17.0 Å². The van der Waals surface area contributed by atoms with Crippen LogP contribution in [-0.2, 0) is 4.79 Å². The largest absolute Gasteiger partial charge is 0.497 e. The van der Waals surface area contributed by atoms with Gasteiger partial charge in [0.1, 0.15) is 11.4 Å². The normalized spacial score (nSPS) is 16.8. The van der Waals surface area contributed by atoms with E-state index in [2.05, 4.69) is 10.3 Å². The Morgan fingerprint density at radius 3 is 2.78 bits per heavy atom. The first-order valence-electron chi connectivity index (χ1n) is 10.8. The molecule has 4 rings (SSSR count). The summed E-state index contributed by atoms with van der Waals surface area (Å²) in [5.74, 6) is 0.0368. The highest BCUT2D eigenvalue weighted by Gasteiger charge is 2.29. The zero-order chi connectivity index (χ0) is 22.5. The molecule has 7 heteroatoms. The number of nitrogens with one attached hydrogen (secondary N) is 2. The number of H-pyrrole nitrogens is 1. The number of rotatable bonds is 6. The molecule has 1 saturated heterocycles. The molecule has 7 nitrogen and oxygen atoms in total. The standard InChI is InChI=1S/C25H27N3O4/c1-32-20-10-11-22-21(14-20)18(15-26-22)13-23(27-24(30)17-7-3-2-4-8-17)25(31)28-12-6-5-9-19(28)16-29/h2-4,7-8,10-11,13-15,19,26,29H,5-6,9,12,16H2,1H3,(H,27,30). The van der Waals surface area contributed by atoms with E-state index in [1.54, 1.807) is 48.5 Å². The maximum atomic E-state index is 13.5. The fourth-order valence-corrected chi connectivity index (χ4v) is 4.07. The van der Waals surface area contributed by atoms with Crippen molar-refractivity contribution in [2.24, 2.45) is 0 Å². The minimum atomic E-state index is -0.361. The Hall–Kier alpha value is -3.58. The third kappa shape index (κ3) is 4.53. The number of amides is 2. The van der Waals surface area contributed by atoms with Crippen molar-refractivity contribution in [3.63, 3.8) is 0 Å². The number of nitrogens with zero attached hydrogens (tertiary/aromatic N) is 1. The topological polar surface area (TPSA) is 94.7 Å². The van der Waals surface area contributed by atoms with E-state index in [1.165, 1.54) is 0 Å². The van der Waals surface area contributed by atoms with Gasteiger partial charge in [0.2, 0.25) is 0 Å². The van der Waals surface area contributed by atoms with Gasteiger partial charge in [0.05, 0.1) is 19.8 Å². The van der Waals surface area contributed by atoms with E-state index >= 15 is 0 Å². The second-order valence-corrected chi connectivity index (χ2v) is 7.86. The number of ether oxygens (including phenoxy) is 1. The smallest absolute Gasteiger partial charge is 0.270 e. The van der Waals surface area contributed by atoms with E-state index in [-0.39, 0.29) is 30.2 Å². The Bertz CT molecular complexity index is 1140. The molecule has 0 spiro atoms. The van der Waals surface area contributed by atoms with Crippen molar-refractivity contribution in [1.82, 2.24) is 15.2 Å². The van der Waals surface area contributed by atoms with E-state index in [0.29, 0.717) is 17.9 Å². The lowest BCUT2D eigenvalue weighted by atomic mass is 10.0. The highest BCUT2D eigenvalue weighted by molar-refractivity contribution is 6.06. The van der Waals surface area contributed by atoms with Crippen molar-refractivity contribution >= 4 is 28.8 Å². The molecule has 0 radical (unpaired) electrons. The molecule has 1 aromatic heterocycles. The number of aromatic amines is 1. The van der Waals surface area contributed by atoms with Crippen LogP contribution in [0.4, 0.5) is 0 Å². The molecule has 2 aromatic carbocycles. The lowest BCUT2D eigenvalue weighted by Crippen LogP contribution is -2.48. The second kappa shape index (κ2) is 9.70. The summed E-state index contributed by atoms with van der Waals surface area (Å²) in [6, 6.07) is 14.2. The molecule has 3 aromatic rings. The van der Waals surface area contributed by atoms with Gasteiger partial charge in [0.15, 0.2) is 0 Å². The van der Waals surface area contributed by atoms with Crippen molar-refractivity contribution in [2.75, 3.05) is 20.3 Å². The van der Waals surface area contributed by atoms with Crippen LogP contribution >= 0.6 is 0 Å². The Morgan fingerprint density at radius 1 is 1.22 bits per heavy atom. The number of hydrogen-bond acceptors (Lipinski definition) is 4. The van der Waals surface area contributed by atoms with E-state index in [0.717, 1.165) is 35.7 Å². The summed E-state index contributed by atoms with van der Waals surface area (Å²) in [4.78, 5) is 31.3. The van der Waals surface area contributed by atoms with Crippen LogP contribution in [0.5, 0.6) is 5.75 Å². The number of carbonyl (C=O) groups excluding carboxylic acids is 2. The van der Waals surface area contributed by atoms with Crippen molar-refractivity contribution in [3.8, 4) is 5.75 Å². The molecule has 0 bridgehead atoms. The SMILES string of the molecule is COc1ccc2[nH]cc(C=C(NC(=O)c3ccccc3)C(=O)N3CCCCC3CO)c2c1. The molecule has 32 heavy (non-hydrogen) atoms. The highest BCUT2D eigenvalue weighted by Crippen LogP contribution is 2.26. The quantitative estimate of drug-likeness (QED) is 0.520. The number of likely N-dealkylation sites (tertiary alicyclic amines) is 1. The maximum absolute atomic E-state index is 13.5. The predicted octanol–water partition coefficient (Wildman–Crippen LogP) is 3.32. The summed E-state index contributed by atoms with van der Waals surface area (Å²) in [6.45, 7) is 0.445. The van der Waals surface area contributed by atoms with Gasteiger partial charge in [-0.15, -0.1) is 0 Å². The summed E-state index contributed by atoms with van der Waals surface area (Å²) in [6.07, 6.45) is 6.06. The molecule has 0 saturated carbocycles. The monoisotopic (exact) mass is 433 g/mol. The van der Waals surface area contributed by atoms with Crippen LogP contribution in [0.3, 0.4) is 0 Å². The van der Waals surface area contributed by atoms with E-state index < -0.39 is 0 Å². The van der Waals surface area contributed by atoms with Gasteiger partial charge in [-0.25, -0.2) is 0 Å². The number of carbonyl (C=O) groups is 2. The van der Waals surface area contributed by atoms with Crippen LogP contribution in [0.15, 0.2) is 60.4 Å². The molecule has 0 aliphatic carbocycles. The minimum Gasteiger partial charge on any atom is -0.497 e. The van der Waals surface area contributed by atoms with Crippen LogP contribution < -0.4 is 10.1 Å². The lowest BCUT2D eigenvalue weighted by molar-refractivity contribution is -0.132. The Balaban J connectivity index is 1.73. The number of hydrogen-bond donors (Lipinski definition) is 3. The third-order valence-electron chi connectivity index (χ3n) is 5.83. The maximum Gasteiger partial charge on any atom is 0.270 e. The molecular weight excluding hydrogens is 406 g/mol. The van der Waals surface area contributed by atoms with Gasteiger partial charge in [-0.1, -0.05) is 18.2 Å². The van der Waals surface area contributed by atoms with Crippen LogP contribution in [0, 0.1) is 0 Å². The third-order valence-corrected chi connectivity index (χ3v) is 5.83. The average molecular weight is 434 g/mol. The zero-order valence-corrected chi connectivity index (χ0v) is 18.0. The second-order valence-electron chi connectivity index (χ2n) is 7.86. The summed E-state index contributed by atoms with van der Waals surface area (Å²) < 4.78 is 5.34. The van der Waals surface area contributed by atoms with Gasteiger partial charge in [0, 0.05) is 34.8 Å². The number of methoxy groups -OCH3 is 1. The van der Waals surface area contributed by atoms with Crippen LogP contribution in [-0.4, -0.2) is 53.1 Å². The van der Waals surface area contributed by atoms with Crippen molar-refractivity contribution in [2.45, 2.75) is 25.3 Å². The minimum absolute atomic E-state index is 0.101. The Kier molecular flexibility index (Phi) is 6.56. The summed E-state index contributed by atoms with van der Waals surface area (Å²) in [7, 11) is 1.60. The summed E-state index contributed by atoms with van der Waals surface area (Å²) >= 11 is 0. The van der Waals surface area contributed by atoms with Crippen molar-refractivity contribution < 1.29 is 19.4 Å². The van der Waals surface area contributed by atoms with E-state index in [1.807, 2.05) is 24.3 Å². The number of benzene rings is 2. The average Bonchev–Trinajstić information content (AvgIpc) is 3.25. The fourth-order valence-electron chi connectivity index (χ4n) is 4.07. The molecule has 1 aliphatic heterocycles.